The number of hydrogen-bond donors (Lipinski definition) is 1. The molecule has 2 atom stereocenters. The molecule has 1 aromatic rings. The minimum absolute atomic E-state index is 0.260. The first-order valence-corrected chi connectivity index (χ1v) is 7.33. The molecule has 3 heteroatoms. The number of benzene rings is 1. The Morgan fingerprint density at radius 2 is 1.95 bits per heavy atom. The molecule has 3 nitrogen and oxygen atoms in total. The molecular formula is C16H23NO2. The third-order valence-corrected chi connectivity index (χ3v) is 4.38. The van der Waals surface area contributed by atoms with Gasteiger partial charge in [-0.05, 0) is 17.9 Å². The molecular weight excluding hydrogens is 238 g/mol. The Morgan fingerprint density at radius 1 is 1.21 bits per heavy atom. The summed E-state index contributed by atoms with van der Waals surface area (Å²) in [6.45, 7) is 4.77. The van der Waals surface area contributed by atoms with Crippen molar-refractivity contribution in [3.8, 4) is 0 Å². The zero-order valence-electron chi connectivity index (χ0n) is 11.6. The first-order valence-electron chi connectivity index (χ1n) is 7.33. The van der Waals surface area contributed by atoms with Gasteiger partial charge in [0.25, 0.3) is 0 Å². The van der Waals surface area contributed by atoms with E-state index in [1.165, 1.54) is 5.56 Å². The average Bonchev–Trinajstić information content (AvgIpc) is 2.87. The summed E-state index contributed by atoms with van der Waals surface area (Å²) in [6.07, 6.45) is 3.16. The Hall–Kier alpha value is -0.900. The van der Waals surface area contributed by atoms with Gasteiger partial charge in [0.2, 0.25) is 0 Å². The highest BCUT2D eigenvalue weighted by atomic mass is 16.7. The van der Waals surface area contributed by atoms with Crippen molar-refractivity contribution in [3.63, 3.8) is 0 Å². The second kappa shape index (κ2) is 5.61. The molecule has 1 N–H and O–H groups in total. The molecule has 1 aliphatic heterocycles. The average molecular weight is 261 g/mol. The zero-order valence-corrected chi connectivity index (χ0v) is 11.6. The summed E-state index contributed by atoms with van der Waals surface area (Å²) in [5, 5.41) is 3.68. The molecule has 1 aromatic carbocycles. The van der Waals surface area contributed by atoms with E-state index in [9.17, 15) is 0 Å². The molecule has 3 rings (SSSR count). The monoisotopic (exact) mass is 261 g/mol. The van der Waals surface area contributed by atoms with Gasteiger partial charge in [-0.15, -0.1) is 0 Å². The third kappa shape index (κ3) is 2.99. The maximum absolute atomic E-state index is 5.81. The molecule has 0 radical (unpaired) electrons. The Morgan fingerprint density at radius 3 is 2.63 bits per heavy atom. The van der Waals surface area contributed by atoms with E-state index in [1.807, 2.05) is 0 Å². The normalized spacial score (nSPS) is 29.7. The Kier molecular flexibility index (Phi) is 3.87. The highest BCUT2D eigenvalue weighted by molar-refractivity contribution is 5.14. The topological polar surface area (TPSA) is 30.5 Å². The maximum Gasteiger partial charge on any atom is 0.168 e. The smallest absolute Gasteiger partial charge is 0.168 e. The van der Waals surface area contributed by atoms with Gasteiger partial charge in [0.05, 0.1) is 13.2 Å². The van der Waals surface area contributed by atoms with Crippen molar-refractivity contribution in [2.75, 3.05) is 13.2 Å². The van der Waals surface area contributed by atoms with Crippen LogP contribution in [0.4, 0.5) is 0 Å². The number of ether oxygens (including phenoxy) is 2. The van der Waals surface area contributed by atoms with E-state index < -0.39 is 0 Å². The molecule has 0 bridgehead atoms. The van der Waals surface area contributed by atoms with Crippen LogP contribution in [-0.2, 0) is 16.0 Å². The van der Waals surface area contributed by atoms with E-state index in [4.69, 9.17) is 9.47 Å². The van der Waals surface area contributed by atoms with Gasteiger partial charge in [0, 0.05) is 25.4 Å². The lowest BCUT2D eigenvalue weighted by molar-refractivity contribution is -0.189. The van der Waals surface area contributed by atoms with Crippen LogP contribution in [-0.4, -0.2) is 25.0 Å². The van der Waals surface area contributed by atoms with Crippen LogP contribution in [0, 0.1) is 5.92 Å². The first-order chi connectivity index (χ1) is 9.27. The van der Waals surface area contributed by atoms with Crippen molar-refractivity contribution in [2.24, 2.45) is 5.92 Å². The third-order valence-electron chi connectivity index (χ3n) is 4.38. The Labute approximate surface area is 115 Å². The lowest BCUT2D eigenvalue weighted by atomic mass is 9.81. The van der Waals surface area contributed by atoms with Crippen molar-refractivity contribution < 1.29 is 9.47 Å². The maximum atomic E-state index is 5.81. The van der Waals surface area contributed by atoms with Gasteiger partial charge in [-0.3, -0.25) is 0 Å². The molecule has 0 amide bonds. The highest BCUT2D eigenvalue weighted by Crippen LogP contribution is 2.38. The van der Waals surface area contributed by atoms with E-state index in [2.05, 4.69) is 42.6 Å². The number of rotatable bonds is 3. The van der Waals surface area contributed by atoms with Gasteiger partial charge in [-0.25, -0.2) is 0 Å². The van der Waals surface area contributed by atoms with Crippen molar-refractivity contribution in [1.29, 1.82) is 0 Å². The lowest BCUT2D eigenvalue weighted by Gasteiger charge is -2.40. The fourth-order valence-corrected chi connectivity index (χ4v) is 3.30. The highest BCUT2D eigenvalue weighted by Gasteiger charge is 2.43. The van der Waals surface area contributed by atoms with Crippen molar-refractivity contribution in [3.05, 3.63) is 35.9 Å². The summed E-state index contributed by atoms with van der Waals surface area (Å²) in [6, 6.07) is 11.2. The van der Waals surface area contributed by atoms with Gasteiger partial charge in [-0.2, -0.15) is 0 Å². The summed E-state index contributed by atoms with van der Waals surface area (Å²) >= 11 is 0. The lowest BCUT2D eigenvalue weighted by Crippen LogP contribution is -2.46. The van der Waals surface area contributed by atoms with Crippen LogP contribution >= 0.6 is 0 Å². The van der Waals surface area contributed by atoms with Crippen LogP contribution in [0.2, 0.25) is 0 Å². The molecule has 19 heavy (non-hydrogen) atoms. The molecule has 1 spiro atoms. The van der Waals surface area contributed by atoms with E-state index >= 15 is 0 Å². The Balaban J connectivity index is 1.53. The molecule has 1 heterocycles. The minimum atomic E-state index is -0.260. The van der Waals surface area contributed by atoms with E-state index in [0.717, 1.165) is 39.0 Å². The predicted octanol–water partition coefficient (Wildman–Crippen LogP) is 2.71. The SMILES string of the molecule is C[C@@H]1CC2(CC[C@H]1NCc1ccccc1)OCCO2. The van der Waals surface area contributed by atoms with Crippen LogP contribution in [0.15, 0.2) is 30.3 Å². The minimum Gasteiger partial charge on any atom is -0.348 e. The molecule has 104 valence electrons. The largest absolute Gasteiger partial charge is 0.348 e. The predicted molar refractivity (Wildman–Crippen MR) is 74.7 cm³/mol. The van der Waals surface area contributed by atoms with Crippen molar-refractivity contribution >= 4 is 0 Å². The van der Waals surface area contributed by atoms with Gasteiger partial charge < -0.3 is 14.8 Å². The number of hydrogen-bond acceptors (Lipinski definition) is 3. The standard InChI is InChI=1S/C16H23NO2/c1-13-11-16(18-9-10-19-16)8-7-15(13)17-12-14-5-3-2-4-6-14/h2-6,13,15,17H,7-12H2,1H3/t13-,15-/m1/s1. The second-order valence-electron chi connectivity index (χ2n) is 5.80. The summed E-state index contributed by atoms with van der Waals surface area (Å²) in [5.74, 6) is 0.334. The second-order valence-corrected chi connectivity index (χ2v) is 5.80. The van der Waals surface area contributed by atoms with Gasteiger partial charge in [0.15, 0.2) is 5.79 Å². The van der Waals surface area contributed by atoms with E-state index in [-0.39, 0.29) is 5.79 Å². The first kappa shape index (κ1) is 13.1. The van der Waals surface area contributed by atoms with Crippen LogP contribution in [0.1, 0.15) is 31.7 Å². The quantitative estimate of drug-likeness (QED) is 0.907. The summed E-state index contributed by atoms with van der Waals surface area (Å²) in [7, 11) is 0. The molecule has 2 fully saturated rings. The molecule has 0 unspecified atom stereocenters. The van der Waals surface area contributed by atoms with Gasteiger partial charge in [-0.1, -0.05) is 37.3 Å². The fraction of sp³-hybridized carbons (Fsp3) is 0.625. The number of nitrogens with one attached hydrogen (secondary N) is 1. The summed E-state index contributed by atoms with van der Waals surface area (Å²) in [5.41, 5.74) is 1.35. The van der Waals surface area contributed by atoms with E-state index in [1.54, 1.807) is 0 Å². The van der Waals surface area contributed by atoms with Crippen LogP contribution in [0.3, 0.4) is 0 Å². The molecule has 1 saturated carbocycles. The summed E-state index contributed by atoms with van der Waals surface area (Å²) in [4.78, 5) is 0. The van der Waals surface area contributed by atoms with E-state index in [0.29, 0.717) is 12.0 Å². The fourth-order valence-electron chi connectivity index (χ4n) is 3.30. The van der Waals surface area contributed by atoms with Gasteiger partial charge in [0.1, 0.15) is 0 Å². The van der Waals surface area contributed by atoms with Crippen molar-refractivity contribution in [1.82, 2.24) is 5.32 Å². The molecule has 2 aliphatic rings. The molecule has 1 saturated heterocycles. The Bertz CT molecular complexity index is 400. The molecule has 1 aliphatic carbocycles. The van der Waals surface area contributed by atoms with Crippen molar-refractivity contribution in [2.45, 2.75) is 44.6 Å². The molecule has 0 aromatic heterocycles. The van der Waals surface area contributed by atoms with Crippen LogP contribution in [0.25, 0.3) is 0 Å². The zero-order chi connectivity index (χ0) is 13.1. The summed E-state index contributed by atoms with van der Waals surface area (Å²) < 4.78 is 11.6. The van der Waals surface area contributed by atoms with Crippen LogP contribution in [0.5, 0.6) is 0 Å². The van der Waals surface area contributed by atoms with Crippen LogP contribution < -0.4 is 5.32 Å². The van der Waals surface area contributed by atoms with Gasteiger partial charge >= 0.3 is 0 Å².